The second kappa shape index (κ2) is 9.29. The van der Waals surface area contributed by atoms with Gasteiger partial charge in [-0.25, -0.2) is 8.78 Å². The molecule has 178 valence electrons. The van der Waals surface area contributed by atoms with Crippen LogP contribution in [0.3, 0.4) is 0 Å². The Morgan fingerprint density at radius 1 is 1.33 bits per heavy atom. The number of hydrogen-bond donors (Lipinski definition) is 3. The van der Waals surface area contributed by atoms with Gasteiger partial charge in [0, 0.05) is 33.2 Å². The van der Waals surface area contributed by atoms with Crippen LogP contribution < -0.4 is 22.1 Å². The Morgan fingerprint density at radius 2 is 2.03 bits per heavy atom. The number of methoxy groups -OCH3 is 1. The molecular formula is C21H26F2N6O3S. The van der Waals surface area contributed by atoms with Crippen molar-refractivity contribution in [2.45, 2.75) is 36.5 Å². The number of aryl methyl sites for hydroxylation is 1. The third kappa shape index (κ3) is 4.19. The van der Waals surface area contributed by atoms with Crippen LogP contribution in [0.2, 0.25) is 0 Å². The fourth-order valence-corrected chi connectivity index (χ4v) is 5.55. The van der Waals surface area contributed by atoms with E-state index in [9.17, 15) is 13.6 Å². The average Bonchev–Trinajstić information content (AvgIpc) is 3.23. The minimum atomic E-state index is -1.01. The monoisotopic (exact) mass is 480 g/mol. The second-order valence-corrected chi connectivity index (χ2v) is 9.04. The number of hydrogen-bond acceptors (Lipinski definition) is 8. The van der Waals surface area contributed by atoms with E-state index in [2.05, 4.69) is 5.10 Å². The molecule has 9 nitrogen and oxygen atoms in total. The van der Waals surface area contributed by atoms with Crippen LogP contribution in [0.1, 0.15) is 35.6 Å². The van der Waals surface area contributed by atoms with Crippen LogP contribution in [-0.2, 0) is 21.3 Å². The van der Waals surface area contributed by atoms with Crippen LogP contribution in [0, 0.1) is 11.6 Å². The molecule has 12 heteroatoms. The highest BCUT2D eigenvalue weighted by Crippen LogP contribution is 2.51. The molecule has 0 aliphatic carbocycles. The molecule has 1 amide bonds. The number of nitrogens with two attached hydrogens (primary N) is 3. The van der Waals surface area contributed by atoms with Gasteiger partial charge in [0.2, 0.25) is 0 Å². The van der Waals surface area contributed by atoms with Gasteiger partial charge in [0.25, 0.3) is 5.91 Å². The van der Waals surface area contributed by atoms with Crippen LogP contribution in [0.15, 0.2) is 35.1 Å². The second-order valence-electron chi connectivity index (χ2n) is 7.91. The van der Waals surface area contributed by atoms with Gasteiger partial charge in [-0.2, -0.15) is 5.10 Å². The van der Waals surface area contributed by atoms with Crippen molar-refractivity contribution in [1.82, 2.24) is 9.78 Å². The molecule has 2 aromatic rings. The minimum Gasteiger partial charge on any atom is -0.392 e. The molecule has 4 rings (SSSR count). The lowest BCUT2D eigenvalue weighted by Gasteiger charge is -2.30. The van der Waals surface area contributed by atoms with Gasteiger partial charge in [0.15, 0.2) is 0 Å². The van der Waals surface area contributed by atoms with Gasteiger partial charge >= 0.3 is 0 Å². The lowest BCUT2D eigenvalue weighted by Crippen LogP contribution is -2.36. The molecule has 1 unspecified atom stereocenters. The highest BCUT2D eigenvalue weighted by atomic mass is 32.2. The molecule has 4 atom stereocenters. The van der Waals surface area contributed by atoms with E-state index in [-0.39, 0.29) is 28.4 Å². The summed E-state index contributed by atoms with van der Waals surface area (Å²) in [4.78, 5) is 13.8. The lowest BCUT2D eigenvalue weighted by atomic mass is 10.0. The molecular weight excluding hydrogens is 454 g/mol. The van der Waals surface area contributed by atoms with Gasteiger partial charge in [-0.3, -0.25) is 9.48 Å². The predicted molar refractivity (Wildman–Crippen MR) is 119 cm³/mol. The summed E-state index contributed by atoms with van der Waals surface area (Å²) in [5.74, 6) is -2.36. The Morgan fingerprint density at radius 3 is 2.67 bits per heavy atom. The smallest absolute Gasteiger partial charge is 0.268 e. The largest absolute Gasteiger partial charge is 0.392 e. The van der Waals surface area contributed by atoms with Crippen LogP contribution in [0.4, 0.5) is 14.5 Å². The van der Waals surface area contributed by atoms with Gasteiger partial charge in [-0.1, -0.05) is 17.8 Å². The topological polar surface area (TPSA) is 135 Å². The number of anilines is 1. The van der Waals surface area contributed by atoms with Crippen LogP contribution in [-0.4, -0.2) is 41.6 Å². The van der Waals surface area contributed by atoms with Crippen molar-refractivity contribution in [1.29, 1.82) is 0 Å². The van der Waals surface area contributed by atoms with Crippen molar-refractivity contribution in [2.75, 3.05) is 18.6 Å². The molecule has 1 saturated heterocycles. The first-order valence-corrected chi connectivity index (χ1v) is 11.2. The van der Waals surface area contributed by atoms with Crippen molar-refractivity contribution < 1.29 is 23.0 Å². The Hall–Kier alpha value is -2.67. The number of aromatic nitrogens is 2. The number of amides is 1. The van der Waals surface area contributed by atoms with Gasteiger partial charge in [0.1, 0.15) is 28.8 Å². The first-order chi connectivity index (χ1) is 15.7. The predicted octanol–water partition coefficient (Wildman–Crippen LogP) is 1.76. The molecule has 33 heavy (non-hydrogen) atoms. The van der Waals surface area contributed by atoms with Crippen molar-refractivity contribution in [3.8, 4) is 0 Å². The Bertz CT molecular complexity index is 1070. The summed E-state index contributed by atoms with van der Waals surface area (Å²) in [5, 5.41) is 3.39. The maximum absolute atomic E-state index is 14.8. The number of carbonyl (C=O) groups is 1. The Kier molecular flexibility index (Phi) is 6.61. The molecule has 6 N–H and O–H groups in total. The number of nitrogens with zero attached hydrogens (tertiary/aromatic N) is 3. The SMILES string of the molecule is CO[C@@H]1C[C@@H](c2c(N3C(C(N)=O)=C(N)SC3c3c(F)cccc3F)cnn2C)OCC[C@H]1N. The summed E-state index contributed by atoms with van der Waals surface area (Å²) < 4.78 is 42.8. The summed E-state index contributed by atoms with van der Waals surface area (Å²) in [7, 11) is 3.30. The molecule has 1 aromatic heterocycles. The quantitative estimate of drug-likeness (QED) is 0.589. The number of thioether (sulfide) groups is 1. The van der Waals surface area contributed by atoms with E-state index in [1.807, 2.05) is 0 Å². The summed E-state index contributed by atoms with van der Waals surface area (Å²) >= 11 is 0.940. The highest BCUT2D eigenvalue weighted by molar-refractivity contribution is 8.03. The zero-order chi connectivity index (χ0) is 23.9. The first kappa shape index (κ1) is 23.5. The van der Waals surface area contributed by atoms with E-state index >= 15 is 0 Å². The fraction of sp³-hybridized carbons (Fsp3) is 0.429. The summed E-state index contributed by atoms with van der Waals surface area (Å²) in [6.07, 6.45) is 1.75. The van der Waals surface area contributed by atoms with Crippen LogP contribution >= 0.6 is 11.8 Å². The number of rotatable bonds is 5. The van der Waals surface area contributed by atoms with Crippen molar-refractivity contribution in [2.24, 2.45) is 24.2 Å². The zero-order valence-corrected chi connectivity index (χ0v) is 19.0. The molecule has 0 saturated carbocycles. The third-order valence-corrected chi connectivity index (χ3v) is 7.07. The van der Waals surface area contributed by atoms with Crippen molar-refractivity contribution in [3.05, 3.63) is 58.0 Å². The van der Waals surface area contributed by atoms with E-state index in [0.717, 1.165) is 23.9 Å². The van der Waals surface area contributed by atoms with Gasteiger partial charge in [-0.05, 0) is 18.6 Å². The number of carbonyl (C=O) groups excluding carboxylic acids is 1. The molecule has 0 spiro atoms. The molecule has 3 heterocycles. The van der Waals surface area contributed by atoms with Crippen molar-refractivity contribution >= 4 is 23.4 Å². The van der Waals surface area contributed by atoms with E-state index in [1.165, 1.54) is 17.2 Å². The number of primary amides is 1. The Labute approximate surface area is 193 Å². The lowest BCUT2D eigenvalue weighted by molar-refractivity contribution is -0.114. The fourth-order valence-electron chi connectivity index (χ4n) is 4.33. The molecule has 0 radical (unpaired) electrons. The zero-order valence-electron chi connectivity index (χ0n) is 18.2. The maximum atomic E-state index is 14.8. The van der Waals surface area contributed by atoms with Crippen LogP contribution in [0.5, 0.6) is 0 Å². The van der Waals surface area contributed by atoms with E-state index in [0.29, 0.717) is 30.8 Å². The molecule has 2 aliphatic heterocycles. The molecule has 0 bridgehead atoms. The number of benzene rings is 1. The Balaban J connectivity index is 1.84. The van der Waals surface area contributed by atoms with Gasteiger partial charge < -0.3 is 31.6 Å². The third-order valence-electron chi connectivity index (χ3n) is 5.95. The molecule has 2 aliphatic rings. The minimum absolute atomic E-state index is 0.0588. The summed E-state index contributed by atoms with van der Waals surface area (Å²) in [5.41, 5.74) is 18.7. The number of halogens is 2. The number of ether oxygens (including phenoxy) is 2. The van der Waals surface area contributed by atoms with E-state index < -0.39 is 29.0 Å². The summed E-state index contributed by atoms with van der Waals surface area (Å²) in [6, 6.07) is 3.36. The standard InChI is InChI=1S/C21H26F2N6O3S/c1-28-17(15-8-14(31-2)12(24)6-7-32-15)13(9-27-28)29-18(19(25)30)20(26)33-21(29)16-10(22)4-3-5-11(16)23/h3-5,9,12,14-15,21H,6-8,24,26H2,1-2H3,(H2,25,30)/t12-,14-,15+,21?/m1/s1. The average molecular weight is 481 g/mol. The summed E-state index contributed by atoms with van der Waals surface area (Å²) in [6.45, 7) is 0.386. The normalized spacial score (nSPS) is 26.0. The molecule has 1 fully saturated rings. The van der Waals surface area contributed by atoms with Gasteiger partial charge in [-0.15, -0.1) is 0 Å². The first-order valence-electron chi connectivity index (χ1n) is 10.4. The van der Waals surface area contributed by atoms with E-state index in [4.69, 9.17) is 26.7 Å². The van der Waals surface area contributed by atoms with Crippen molar-refractivity contribution in [3.63, 3.8) is 0 Å². The van der Waals surface area contributed by atoms with E-state index in [1.54, 1.807) is 18.8 Å². The molecule has 1 aromatic carbocycles. The van der Waals surface area contributed by atoms with Crippen LogP contribution in [0.25, 0.3) is 0 Å². The maximum Gasteiger partial charge on any atom is 0.268 e. The highest BCUT2D eigenvalue weighted by Gasteiger charge is 2.42. The van der Waals surface area contributed by atoms with Gasteiger partial charge in [0.05, 0.1) is 34.3 Å².